The number of nitrogens with one attached hydrogen (secondary N) is 1. The van der Waals surface area contributed by atoms with Gasteiger partial charge in [-0.3, -0.25) is 4.79 Å². The van der Waals surface area contributed by atoms with Gasteiger partial charge in [0.2, 0.25) is 5.91 Å². The Bertz CT molecular complexity index is 831. The Balaban J connectivity index is 2.21. The van der Waals surface area contributed by atoms with Crippen molar-refractivity contribution in [1.29, 1.82) is 0 Å². The lowest BCUT2D eigenvalue weighted by Gasteiger charge is -2.20. The molecule has 1 atom stereocenters. The summed E-state index contributed by atoms with van der Waals surface area (Å²) in [6.45, 7) is 12.1. The molecule has 0 saturated heterocycles. The summed E-state index contributed by atoms with van der Waals surface area (Å²) in [5.41, 5.74) is 7.59. The van der Waals surface area contributed by atoms with Crippen molar-refractivity contribution in [2.45, 2.75) is 66.2 Å². The van der Waals surface area contributed by atoms with Crippen LogP contribution >= 0.6 is 0 Å². The van der Waals surface area contributed by atoms with Gasteiger partial charge in [-0.05, 0) is 63.8 Å². The normalized spacial score (nSPS) is 13.1. The minimum absolute atomic E-state index is 0.336. The van der Waals surface area contributed by atoms with Crippen LogP contribution in [0, 0.1) is 12.8 Å². The Morgan fingerprint density at radius 1 is 1.22 bits per heavy atom. The third kappa shape index (κ3) is 5.57. The van der Waals surface area contributed by atoms with E-state index in [-0.39, 0.29) is 18.0 Å². The van der Waals surface area contributed by atoms with Crippen molar-refractivity contribution in [2.75, 3.05) is 0 Å². The van der Waals surface area contributed by atoms with Gasteiger partial charge in [-0.2, -0.15) is 0 Å². The summed E-state index contributed by atoms with van der Waals surface area (Å²) in [6.07, 6.45) is 0.317. The summed E-state index contributed by atoms with van der Waals surface area (Å²) in [4.78, 5) is 24.1. The number of carbonyl (C=O) groups excluding carboxylic acids is 2. The minimum Gasteiger partial charge on any atom is -0.443 e. The number of hydrogen-bond acceptors (Lipinski definition) is 4. The van der Waals surface area contributed by atoms with E-state index in [4.69, 9.17) is 10.5 Å². The lowest BCUT2D eigenvalue weighted by Crippen LogP contribution is -2.41. The van der Waals surface area contributed by atoms with Crippen molar-refractivity contribution in [2.24, 2.45) is 11.7 Å². The largest absolute Gasteiger partial charge is 0.443 e. The number of nitrogens with two attached hydrogens (primary N) is 1. The maximum absolute atomic E-state index is 12.5. The fraction of sp³-hybridized carbons (Fsp3) is 0.524. The predicted molar refractivity (Wildman–Crippen MR) is 108 cm³/mol. The number of ether oxygens (including phenoxy) is 1. The first-order chi connectivity index (χ1) is 12.5. The minimum atomic E-state index is -0.551. The molecule has 1 heterocycles. The molecule has 148 valence electrons. The van der Waals surface area contributed by atoms with Gasteiger partial charge in [0, 0.05) is 17.6 Å². The van der Waals surface area contributed by atoms with Crippen molar-refractivity contribution >= 4 is 22.9 Å². The highest BCUT2D eigenvalue weighted by atomic mass is 16.6. The predicted octanol–water partition coefficient (Wildman–Crippen LogP) is 3.72. The number of fused-ring (bicyclic) bond motifs is 1. The number of aromatic nitrogens is 1. The molecule has 0 radical (unpaired) electrons. The molecule has 1 amide bonds. The molecular formula is C21H31N3O3. The van der Waals surface area contributed by atoms with Crippen LogP contribution in [0.3, 0.4) is 0 Å². The molecule has 0 aliphatic rings. The number of aryl methyl sites for hydroxylation is 1. The van der Waals surface area contributed by atoms with Crippen LogP contribution in [0.25, 0.3) is 10.9 Å². The Morgan fingerprint density at radius 2 is 1.89 bits per heavy atom. The van der Waals surface area contributed by atoms with E-state index in [1.807, 2.05) is 52.0 Å². The quantitative estimate of drug-likeness (QED) is 0.808. The van der Waals surface area contributed by atoms with E-state index < -0.39 is 5.60 Å². The van der Waals surface area contributed by atoms with Crippen LogP contribution in [0.2, 0.25) is 0 Å². The van der Waals surface area contributed by atoms with E-state index in [2.05, 4.69) is 19.2 Å². The number of nitrogens with zero attached hydrogens (tertiary/aromatic N) is 1. The molecule has 0 fully saturated rings. The van der Waals surface area contributed by atoms with Crippen LogP contribution in [0.5, 0.6) is 0 Å². The number of benzene rings is 1. The van der Waals surface area contributed by atoms with Crippen LogP contribution < -0.4 is 11.1 Å². The average Bonchev–Trinajstić information content (AvgIpc) is 2.84. The lowest BCUT2D eigenvalue weighted by atomic mass is 10.0. The molecule has 6 nitrogen and oxygen atoms in total. The molecule has 2 aromatic rings. The summed E-state index contributed by atoms with van der Waals surface area (Å²) in [7, 11) is 0. The zero-order chi connectivity index (χ0) is 20.4. The Labute approximate surface area is 161 Å². The second-order valence-electron chi connectivity index (χ2n) is 8.46. The monoisotopic (exact) mass is 373 g/mol. The van der Waals surface area contributed by atoms with E-state index in [1.54, 1.807) is 4.57 Å². The van der Waals surface area contributed by atoms with Gasteiger partial charge in [-0.1, -0.05) is 19.9 Å². The van der Waals surface area contributed by atoms with Crippen LogP contribution in [-0.4, -0.2) is 28.2 Å². The van der Waals surface area contributed by atoms with Gasteiger partial charge >= 0.3 is 6.09 Å². The van der Waals surface area contributed by atoms with E-state index in [0.717, 1.165) is 22.2 Å². The molecule has 27 heavy (non-hydrogen) atoms. The molecular weight excluding hydrogens is 342 g/mol. The van der Waals surface area contributed by atoms with E-state index in [0.29, 0.717) is 18.9 Å². The summed E-state index contributed by atoms with van der Waals surface area (Å²) in [6, 6.07) is 7.48. The van der Waals surface area contributed by atoms with Crippen molar-refractivity contribution in [3.8, 4) is 0 Å². The summed E-state index contributed by atoms with van der Waals surface area (Å²) >= 11 is 0. The van der Waals surface area contributed by atoms with Gasteiger partial charge in [-0.15, -0.1) is 0 Å². The maximum Gasteiger partial charge on any atom is 0.419 e. The molecule has 1 unspecified atom stereocenters. The highest BCUT2D eigenvalue weighted by Gasteiger charge is 2.21. The Morgan fingerprint density at radius 3 is 2.44 bits per heavy atom. The molecule has 0 spiro atoms. The molecule has 1 aromatic carbocycles. The number of hydrogen-bond donors (Lipinski definition) is 2. The molecule has 0 saturated carbocycles. The van der Waals surface area contributed by atoms with E-state index in [9.17, 15) is 9.59 Å². The van der Waals surface area contributed by atoms with Crippen LogP contribution in [0.4, 0.5) is 4.79 Å². The second-order valence-corrected chi connectivity index (χ2v) is 8.46. The zero-order valence-electron chi connectivity index (χ0n) is 17.1. The molecule has 6 heteroatoms. The molecule has 2 rings (SSSR count). The first-order valence-electron chi connectivity index (χ1n) is 9.35. The van der Waals surface area contributed by atoms with Crippen molar-refractivity contribution in [1.82, 2.24) is 9.88 Å². The third-order valence-corrected chi connectivity index (χ3v) is 4.23. The smallest absolute Gasteiger partial charge is 0.419 e. The Hall–Kier alpha value is -2.34. The fourth-order valence-corrected chi connectivity index (χ4v) is 3.08. The zero-order valence-corrected chi connectivity index (χ0v) is 17.1. The highest BCUT2D eigenvalue weighted by Crippen LogP contribution is 2.23. The topological polar surface area (TPSA) is 86.4 Å². The lowest BCUT2D eigenvalue weighted by molar-refractivity contribution is -0.120. The fourth-order valence-electron chi connectivity index (χ4n) is 3.08. The number of carbonyl (C=O) groups is 2. The van der Waals surface area contributed by atoms with Crippen LogP contribution in [-0.2, 0) is 16.1 Å². The summed E-state index contributed by atoms with van der Waals surface area (Å²) in [5, 5.41) is 4.19. The standard InChI is InChI=1S/C21H31N3O3/c1-13(2)9-17(19(22)25)23-12-15-7-8-18-16(11-15)10-14(3)24(18)20(26)27-21(4,5)6/h7-8,10-11,13,17,23H,9,12H2,1-6H3,(H2,22,25). The van der Waals surface area contributed by atoms with Gasteiger partial charge < -0.3 is 15.8 Å². The molecule has 1 aromatic heterocycles. The molecule has 0 bridgehead atoms. The molecule has 0 aliphatic carbocycles. The highest BCUT2D eigenvalue weighted by molar-refractivity contribution is 5.91. The van der Waals surface area contributed by atoms with Crippen LogP contribution in [0.15, 0.2) is 24.3 Å². The van der Waals surface area contributed by atoms with E-state index in [1.165, 1.54) is 0 Å². The SMILES string of the molecule is Cc1cc2cc(CNC(CC(C)C)C(N)=O)ccc2n1C(=O)OC(C)(C)C. The molecule has 3 N–H and O–H groups in total. The van der Waals surface area contributed by atoms with Crippen molar-refractivity contribution in [3.05, 3.63) is 35.5 Å². The average molecular weight is 373 g/mol. The first kappa shape index (κ1) is 21.0. The van der Waals surface area contributed by atoms with Crippen molar-refractivity contribution in [3.63, 3.8) is 0 Å². The van der Waals surface area contributed by atoms with Gasteiger partial charge in [0.1, 0.15) is 5.60 Å². The third-order valence-electron chi connectivity index (χ3n) is 4.23. The van der Waals surface area contributed by atoms with Gasteiger partial charge in [-0.25, -0.2) is 9.36 Å². The van der Waals surface area contributed by atoms with Gasteiger partial charge in [0.15, 0.2) is 0 Å². The summed E-state index contributed by atoms with van der Waals surface area (Å²) < 4.78 is 7.09. The second kappa shape index (κ2) is 8.13. The van der Waals surface area contributed by atoms with E-state index >= 15 is 0 Å². The molecule has 0 aliphatic heterocycles. The maximum atomic E-state index is 12.5. The van der Waals surface area contributed by atoms with Crippen LogP contribution in [0.1, 0.15) is 52.3 Å². The van der Waals surface area contributed by atoms with Gasteiger partial charge in [0.05, 0.1) is 11.6 Å². The number of primary amides is 1. The van der Waals surface area contributed by atoms with Gasteiger partial charge in [0.25, 0.3) is 0 Å². The first-order valence-corrected chi connectivity index (χ1v) is 9.35. The number of rotatable bonds is 6. The number of amides is 1. The Kier molecular flexibility index (Phi) is 6.31. The summed E-state index contributed by atoms with van der Waals surface area (Å²) in [5.74, 6) is 0.0414. The van der Waals surface area contributed by atoms with Crippen molar-refractivity contribution < 1.29 is 14.3 Å².